The minimum atomic E-state index is -0.501. The zero-order chi connectivity index (χ0) is 13.9. The summed E-state index contributed by atoms with van der Waals surface area (Å²) in [5.74, 6) is 0.827. The van der Waals surface area contributed by atoms with Gasteiger partial charge in [0.2, 0.25) is 0 Å². The lowest BCUT2D eigenvalue weighted by atomic mass is 10.1. The number of rotatable bonds is 3. The number of benzene rings is 1. The quantitative estimate of drug-likeness (QED) is 0.898. The highest BCUT2D eigenvalue weighted by Gasteiger charge is 2.16. The number of aromatic amines is 2. The molecule has 1 aromatic carbocycles. The van der Waals surface area contributed by atoms with Crippen LogP contribution >= 0.6 is 0 Å². The van der Waals surface area contributed by atoms with Gasteiger partial charge in [-0.15, -0.1) is 0 Å². The van der Waals surface area contributed by atoms with Crippen molar-refractivity contribution in [3.05, 3.63) is 51.2 Å². The van der Waals surface area contributed by atoms with Crippen LogP contribution in [-0.4, -0.2) is 16.1 Å². The minimum Gasteiger partial charge on any atom is -0.490 e. The Bertz CT molecular complexity index is 666. The van der Waals surface area contributed by atoms with Crippen LogP contribution in [-0.2, 0) is 0 Å². The molecule has 0 atom stereocenters. The fraction of sp³-hybridized carbons (Fsp3) is 0.333. The number of ether oxygens (including phenoxy) is 1. The SMILES string of the molecule is O=c1cc(-c2ccc(OC3CCCC3)cc2)[nH]c(=O)[nH]1. The van der Waals surface area contributed by atoms with Crippen LogP contribution in [0.3, 0.4) is 0 Å². The fourth-order valence-corrected chi connectivity index (χ4v) is 2.54. The number of hydrogen-bond donors (Lipinski definition) is 2. The van der Waals surface area contributed by atoms with Gasteiger partial charge in [-0.25, -0.2) is 4.79 Å². The maximum Gasteiger partial charge on any atom is 0.326 e. The molecule has 0 amide bonds. The van der Waals surface area contributed by atoms with E-state index in [2.05, 4.69) is 9.97 Å². The molecule has 0 spiro atoms. The van der Waals surface area contributed by atoms with Crippen LogP contribution in [0.1, 0.15) is 25.7 Å². The van der Waals surface area contributed by atoms with Gasteiger partial charge in [-0.05, 0) is 55.5 Å². The van der Waals surface area contributed by atoms with Gasteiger partial charge < -0.3 is 9.72 Å². The summed E-state index contributed by atoms with van der Waals surface area (Å²) in [6, 6.07) is 8.79. The highest BCUT2D eigenvalue weighted by atomic mass is 16.5. The predicted molar refractivity (Wildman–Crippen MR) is 76.0 cm³/mol. The Hall–Kier alpha value is -2.30. The van der Waals surface area contributed by atoms with Crippen LogP contribution in [0.2, 0.25) is 0 Å². The highest BCUT2D eigenvalue weighted by molar-refractivity contribution is 5.59. The van der Waals surface area contributed by atoms with Gasteiger partial charge in [-0.1, -0.05) is 0 Å². The van der Waals surface area contributed by atoms with E-state index in [0.29, 0.717) is 11.8 Å². The molecule has 0 unspecified atom stereocenters. The zero-order valence-corrected chi connectivity index (χ0v) is 11.0. The molecule has 0 aliphatic heterocycles. The number of H-pyrrole nitrogens is 2. The fourth-order valence-electron chi connectivity index (χ4n) is 2.54. The third-order valence-electron chi connectivity index (χ3n) is 3.53. The second-order valence-electron chi connectivity index (χ2n) is 5.05. The van der Waals surface area contributed by atoms with Gasteiger partial charge in [0.15, 0.2) is 0 Å². The molecule has 0 saturated heterocycles. The topological polar surface area (TPSA) is 75.0 Å². The molecule has 1 aliphatic carbocycles. The Morgan fingerprint density at radius 1 is 1.00 bits per heavy atom. The van der Waals surface area contributed by atoms with E-state index < -0.39 is 11.2 Å². The van der Waals surface area contributed by atoms with Gasteiger partial charge in [0.05, 0.1) is 11.8 Å². The molecule has 1 fully saturated rings. The number of aromatic nitrogens is 2. The Balaban J connectivity index is 1.81. The van der Waals surface area contributed by atoms with E-state index in [-0.39, 0.29) is 0 Å². The molecule has 3 rings (SSSR count). The van der Waals surface area contributed by atoms with Crippen molar-refractivity contribution in [3.8, 4) is 17.0 Å². The molecule has 0 bridgehead atoms. The van der Waals surface area contributed by atoms with Crippen molar-refractivity contribution < 1.29 is 4.74 Å². The summed E-state index contributed by atoms with van der Waals surface area (Å²) < 4.78 is 5.87. The summed E-state index contributed by atoms with van der Waals surface area (Å²) in [6.45, 7) is 0. The monoisotopic (exact) mass is 272 g/mol. The van der Waals surface area contributed by atoms with Crippen molar-refractivity contribution in [2.75, 3.05) is 0 Å². The first-order valence-electron chi connectivity index (χ1n) is 6.81. The van der Waals surface area contributed by atoms with E-state index in [1.165, 1.54) is 18.9 Å². The molecule has 1 heterocycles. The molecule has 0 radical (unpaired) electrons. The van der Waals surface area contributed by atoms with Gasteiger partial charge in [-0.2, -0.15) is 0 Å². The van der Waals surface area contributed by atoms with E-state index in [4.69, 9.17) is 4.74 Å². The van der Waals surface area contributed by atoms with Crippen molar-refractivity contribution in [1.82, 2.24) is 9.97 Å². The maximum atomic E-state index is 11.3. The van der Waals surface area contributed by atoms with Gasteiger partial charge in [-0.3, -0.25) is 9.78 Å². The third kappa shape index (κ3) is 2.82. The molecule has 1 aliphatic rings. The Morgan fingerprint density at radius 2 is 1.70 bits per heavy atom. The lowest BCUT2D eigenvalue weighted by molar-refractivity contribution is 0.210. The smallest absolute Gasteiger partial charge is 0.326 e. The lowest BCUT2D eigenvalue weighted by Crippen LogP contribution is -2.21. The summed E-state index contributed by atoms with van der Waals surface area (Å²) in [5.41, 5.74) is 0.381. The average Bonchev–Trinajstić information content (AvgIpc) is 2.91. The van der Waals surface area contributed by atoms with Crippen molar-refractivity contribution in [2.45, 2.75) is 31.8 Å². The molecular formula is C15H16N2O3. The normalized spacial score (nSPS) is 15.4. The van der Waals surface area contributed by atoms with E-state index >= 15 is 0 Å². The Morgan fingerprint density at radius 3 is 2.35 bits per heavy atom. The van der Waals surface area contributed by atoms with E-state index in [0.717, 1.165) is 24.2 Å². The second kappa shape index (κ2) is 5.36. The van der Waals surface area contributed by atoms with Crippen molar-refractivity contribution in [2.24, 2.45) is 0 Å². The summed E-state index contributed by atoms with van der Waals surface area (Å²) in [6.07, 6.45) is 5.01. The Labute approximate surface area is 115 Å². The van der Waals surface area contributed by atoms with Crippen molar-refractivity contribution in [1.29, 1.82) is 0 Å². The number of nitrogens with one attached hydrogen (secondary N) is 2. The molecule has 1 aromatic heterocycles. The molecule has 1 saturated carbocycles. The molecule has 5 nitrogen and oxygen atoms in total. The van der Waals surface area contributed by atoms with Crippen LogP contribution in [0.5, 0.6) is 5.75 Å². The molecule has 104 valence electrons. The van der Waals surface area contributed by atoms with E-state index in [1.807, 2.05) is 24.3 Å². The first-order chi connectivity index (χ1) is 9.70. The summed E-state index contributed by atoms with van der Waals surface area (Å²) in [4.78, 5) is 27.3. The van der Waals surface area contributed by atoms with E-state index in [1.54, 1.807) is 0 Å². The van der Waals surface area contributed by atoms with Crippen LogP contribution in [0.4, 0.5) is 0 Å². The van der Waals surface area contributed by atoms with Gasteiger partial charge in [0.1, 0.15) is 5.75 Å². The van der Waals surface area contributed by atoms with Crippen LogP contribution in [0.15, 0.2) is 39.9 Å². The largest absolute Gasteiger partial charge is 0.490 e. The average molecular weight is 272 g/mol. The number of hydrogen-bond acceptors (Lipinski definition) is 3. The predicted octanol–water partition coefficient (Wildman–Crippen LogP) is 2.05. The molecule has 5 heteroatoms. The molecular weight excluding hydrogens is 256 g/mol. The minimum absolute atomic E-state index is 0.320. The second-order valence-corrected chi connectivity index (χ2v) is 5.05. The maximum absolute atomic E-state index is 11.3. The highest BCUT2D eigenvalue weighted by Crippen LogP contribution is 2.25. The van der Waals surface area contributed by atoms with Crippen LogP contribution < -0.4 is 16.0 Å². The summed E-state index contributed by atoms with van der Waals surface area (Å²) >= 11 is 0. The Kier molecular flexibility index (Phi) is 3.41. The molecule has 2 N–H and O–H groups in total. The van der Waals surface area contributed by atoms with Gasteiger partial charge in [0, 0.05) is 6.07 Å². The van der Waals surface area contributed by atoms with Gasteiger partial charge in [0.25, 0.3) is 5.56 Å². The van der Waals surface area contributed by atoms with Crippen LogP contribution in [0.25, 0.3) is 11.3 Å². The lowest BCUT2D eigenvalue weighted by Gasteiger charge is -2.13. The molecule has 2 aromatic rings. The van der Waals surface area contributed by atoms with Crippen LogP contribution in [0, 0.1) is 0 Å². The summed E-state index contributed by atoms with van der Waals surface area (Å²) in [5, 5.41) is 0. The summed E-state index contributed by atoms with van der Waals surface area (Å²) in [7, 11) is 0. The van der Waals surface area contributed by atoms with E-state index in [9.17, 15) is 9.59 Å². The van der Waals surface area contributed by atoms with Crippen molar-refractivity contribution >= 4 is 0 Å². The van der Waals surface area contributed by atoms with Crippen molar-refractivity contribution in [3.63, 3.8) is 0 Å². The standard InChI is InChI=1S/C15H16N2O3/c18-14-9-13(16-15(19)17-14)10-5-7-12(8-6-10)20-11-3-1-2-4-11/h5-9,11H,1-4H2,(H2,16,17,18,19). The first-order valence-corrected chi connectivity index (χ1v) is 6.81. The van der Waals surface area contributed by atoms with Gasteiger partial charge >= 0.3 is 5.69 Å². The molecule has 20 heavy (non-hydrogen) atoms. The first kappa shape index (κ1) is 12.7. The third-order valence-corrected chi connectivity index (χ3v) is 3.53. The zero-order valence-electron chi connectivity index (χ0n) is 11.0.